The molecule has 84 valence electrons. The highest BCUT2D eigenvalue weighted by atomic mass is 16.6. The molecule has 0 N–H and O–H groups in total. The second-order valence-corrected chi connectivity index (χ2v) is 4.10. The van der Waals surface area contributed by atoms with Crippen molar-refractivity contribution in [3.05, 3.63) is 28.2 Å². The van der Waals surface area contributed by atoms with Crippen LogP contribution in [0.3, 0.4) is 0 Å². The van der Waals surface area contributed by atoms with Crippen LogP contribution in [0.4, 0.5) is 0 Å². The Balaban J connectivity index is 2.33. The van der Waals surface area contributed by atoms with Crippen molar-refractivity contribution in [1.29, 1.82) is 0 Å². The van der Waals surface area contributed by atoms with Crippen molar-refractivity contribution < 1.29 is 8.94 Å². The Kier molecular flexibility index (Phi) is 4.34. The van der Waals surface area contributed by atoms with Gasteiger partial charge in [0, 0.05) is 6.42 Å². The lowest BCUT2D eigenvalue weighted by Crippen LogP contribution is -1.99. The zero-order chi connectivity index (χ0) is 11.3. The van der Waals surface area contributed by atoms with Crippen molar-refractivity contribution in [2.24, 2.45) is 5.92 Å². The predicted molar refractivity (Wildman–Crippen MR) is 56.6 cm³/mol. The molecule has 0 radical (unpaired) electrons. The number of rotatable bonds is 5. The first-order chi connectivity index (χ1) is 7.08. The molecule has 0 aliphatic heterocycles. The average molecular weight is 211 g/mol. The minimum Gasteiger partial charge on any atom is -0.375 e. The summed E-state index contributed by atoms with van der Waals surface area (Å²) in [5.74, 6) is 0.111. The van der Waals surface area contributed by atoms with Crippen LogP contribution in [0, 0.1) is 5.92 Å². The first-order valence-electron chi connectivity index (χ1n) is 5.17. The number of hydrogen-bond donors (Lipinski definition) is 0. The smallest absolute Gasteiger partial charge is 0.375 e. The van der Waals surface area contributed by atoms with E-state index in [9.17, 15) is 4.79 Å². The van der Waals surface area contributed by atoms with Crippen molar-refractivity contribution in [1.82, 2.24) is 5.16 Å². The third kappa shape index (κ3) is 4.63. The van der Waals surface area contributed by atoms with Crippen LogP contribution in [-0.4, -0.2) is 5.16 Å². The Morgan fingerprint density at radius 3 is 2.80 bits per heavy atom. The Morgan fingerprint density at radius 2 is 2.27 bits per heavy atom. The zero-order valence-electron chi connectivity index (χ0n) is 9.45. The molecule has 15 heavy (non-hydrogen) atoms. The Labute approximate surface area is 89.0 Å². The molecule has 1 unspecified atom stereocenters. The van der Waals surface area contributed by atoms with Crippen LogP contribution >= 0.6 is 0 Å². The molecule has 0 aliphatic carbocycles. The van der Waals surface area contributed by atoms with E-state index < -0.39 is 5.82 Å². The molecule has 1 rings (SSSR count). The summed E-state index contributed by atoms with van der Waals surface area (Å²) in [5, 5.41) is 3.53. The van der Waals surface area contributed by atoms with E-state index in [1.165, 1.54) is 5.57 Å². The van der Waals surface area contributed by atoms with E-state index in [0.717, 1.165) is 12.8 Å². The molecule has 4 nitrogen and oxygen atoms in total. The Hall–Kier alpha value is -1.32. The second kappa shape index (κ2) is 5.53. The van der Waals surface area contributed by atoms with E-state index in [0.29, 0.717) is 18.2 Å². The van der Waals surface area contributed by atoms with Crippen molar-refractivity contribution in [2.75, 3.05) is 0 Å². The molecule has 0 aromatic carbocycles. The Morgan fingerprint density at radius 1 is 1.53 bits per heavy atom. The van der Waals surface area contributed by atoms with E-state index >= 15 is 0 Å². The predicted octanol–water partition coefficient (Wildman–Crippen LogP) is 2.55. The van der Waals surface area contributed by atoms with Crippen LogP contribution in [0.1, 0.15) is 39.5 Å². The van der Waals surface area contributed by atoms with Gasteiger partial charge in [0.2, 0.25) is 5.89 Å². The molecule has 0 spiro atoms. The van der Waals surface area contributed by atoms with E-state index in [1.807, 2.05) is 0 Å². The molecule has 0 bridgehead atoms. The molecule has 4 heteroatoms. The SMILES string of the molecule is CC(C)=CCCC(C)Cc1noc(=O)o1. The highest BCUT2D eigenvalue weighted by molar-refractivity contribution is 4.93. The van der Waals surface area contributed by atoms with Crippen LogP contribution in [0.5, 0.6) is 0 Å². The van der Waals surface area contributed by atoms with Gasteiger partial charge in [0.25, 0.3) is 0 Å². The fourth-order valence-electron chi connectivity index (χ4n) is 1.36. The number of allylic oxidation sites excluding steroid dienone is 2. The maximum Gasteiger partial charge on any atom is 0.542 e. The molecule has 0 aliphatic rings. The third-order valence-corrected chi connectivity index (χ3v) is 2.16. The van der Waals surface area contributed by atoms with Crippen molar-refractivity contribution in [3.63, 3.8) is 0 Å². The van der Waals surface area contributed by atoms with Gasteiger partial charge >= 0.3 is 5.82 Å². The summed E-state index contributed by atoms with van der Waals surface area (Å²) in [4.78, 5) is 10.6. The normalized spacial score (nSPS) is 12.5. The van der Waals surface area contributed by atoms with Gasteiger partial charge in [-0.1, -0.05) is 18.6 Å². The minimum atomic E-state index is -0.721. The average Bonchev–Trinajstić information content (AvgIpc) is 2.50. The monoisotopic (exact) mass is 211 g/mol. The number of nitrogens with zero attached hydrogens (tertiary/aromatic N) is 1. The minimum absolute atomic E-state index is 0.393. The van der Waals surface area contributed by atoms with Crippen LogP contribution in [0.15, 0.2) is 25.4 Å². The second-order valence-electron chi connectivity index (χ2n) is 4.10. The fourth-order valence-corrected chi connectivity index (χ4v) is 1.36. The maximum atomic E-state index is 10.6. The van der Waals surface area contributed by atoms with Gasteiger partial charge in [0.05, 0.1) is 0 Å². The molecule has 1 aromatic rings. The van der Waals surface area contributed by atoms with Gasteiger partial charge in [-0.3, -0.25) is 4.52 Å². The molecule has 1 heterocycles. The highest BCUT2D eigenvalue weighted by Crippen LogP contribution is 2.12. The summed E-state index contributed by atoms with van der Waals surface area (Å²) < 4.78 is 9.06. The lowest BCUT2D eigenvalue weighted by atomic mass is 10.0. The van der Waals surface area contributed by atoms with Crippen molar-refractivity contribution >= 4 is 0 Å². The molecular weight excluding hydrogens is 194 g/mol. The van der Waals surface area contributed by atoms with E-state index in [-0.39, 0.29) is 0 Å². The fraction of sp³-hybridized carbons (Fsp3) is 0.636. The largest absolute Gasteiger partial charge is 0.542 e. The first-order valence-corrected chi connectivity index (χ1v) is 5.17. The van der Waals surface area contributed by atoms with E-state index in [4.69, 9.17) is 4.42 Å². The van der Waals surface area contributed by atoms with Gasteiger partial charge in [-0.2, -0.15) is 0 Å². The molecule has 1 atom stereocenters. The molecular formula is C11H17NO3. The number of aromatic nitrogens is 1. The standard InChI is InChI=1S/C11H17NO3/c1-8(2)5-4-6-9(3)7-10-12-15-11(13)14-10/h5,9H,4,6-7H2,1-3H3. The highest BCUT2D eigenvalue weighted by Gasteiger charge is 2.09. The van der Waals surface area contributed by atoms with E-state index in [1.54, 1.807) is 0 Å². The molecule has 0 saturated heterocycles. The van der Waals surface area contributed by atoms with Crippen LogP contribution in [-0.2, 0) is 6.42 Å². The Bertz CT molecular complexity index is 371. The van der Waals surface area contributed by atoms with Gasteiger partial charge < -0.3 is 4.42 Å². The summed E-state index contributed by atoms with van der Waals surface area (Å²) in [6.07, 6.45) is 4.96. The third-order valence-electron chi connectivity index (χ3n) is 2.16. The summed E-state index contributed by atoms with van der Waals surface area (Å²) in [6, 6.07) is 0. The quantitative estimate of drug-likeness (QED) is 0.702. The molecule has 1 aromatic heterocycles. The molecule has 0 saturated carbocycles. The maximum absolute atomic E-state index is 10.6. The lowest BCUT2D eigenvalue weighted by molar-refractivity contribution is 0.333. The number of hydrogen-bond acceptors (Lipinski definition) is 4. The van der Waals surface area contributed by atoms with Crippen LogP contribution < -0.4 is 5.82 Å². The van der Waals surface area contributed by atoms with E-state index in [2.05, 4.69) is 36.5 Å². The van der Waals surface area contributed by atoms with Crippen LogP contribution in [0.2, 0.25) is 0 Å². The first kappa shape index (κ1) is 11.8. The van der Waals surface area contributed by atoms with Gasteiger partial charge in [0.1, 0.15) is 0 Å². The van der Waals surface area contributed by atoms with Crippen molar-refractivity contribution in [2.45, 2.75) is 40.0 Å². The van der Waals surface area contributed by atoms with Gasteiger partial charge in [0.15, 0.2) is 0 Å². The summed E-state index contributed by atoms with van der Waals surface area (Å²) in [5.41, 5.74) is 1.33. The van der Waals surface area contributed by atoms with Gasteiger partial charge in [-0.15, -0.1) is 0 Å². The van der Waals surface area contributed by atoms with Gasteiger partial charge in [-0.25, -0.2) is 4.79 Å². The van der Waals surface area contributed by atoms with Crippen LogP contribution in [0.25, 0.3) is 0 Å². The van der Waals surface area contributed by atoms with Crippen molar-refractivity contribution in [3.8, 4) is 0 Å². The van der Waals surface area contributed by atoms with Gasteiger partial charge in [-0.05, 0) is 37.8 Å². The molecule has 0 amide bonds. The molecule has 0 fully saturated rings. The topological polar surface area (TPSA) is 56.2 Å². The zero-order valence-corrected chi connectivity index (χ0v) is 9.45. The summed E-state index contributed by atoms with van der Waals surface area (Å²) in [7, 11) is 0. The summed E-state index contributed by atoms with van der Waals surface area (Å²) >= 11 is 0. The summed E-state index contributed by atoms with van der Waals surface area (Å²) in [6.45, 7) is 6.27. The lowest BCUT2D eigenvalue weighted by Gasteiger charge is -2.05.